The first-order valence-corrected chi connectivity index (χ1v) is 10.4. The van der Waals surface area contributed by atoms with Gasteiger partial charge in [0.25, 0.3) is 0 Å². The van der Waals surface area contributed by atoms with E-state index < -0.39 is 6.11 Å². The van der Waals surface area contributed by atoms with Crippen molar-refractivity contribution in [1.29, 1.82) is 0 Å². The minimum absolute atomic E-state index is 0.192. The monoisotopic (exact) mass is 361 g/mol. The van der Waals surface area contributed by atoms with Gasteiger partial charge in [0.05, 0.1) is 0 Å². The maximum absolute atomic E-state index is 12.3. The van der Waals surface area contributed by atoms with E-state index in [1.807, 2.05) is 35.0 Å². The average molecular weight is 360 g/mol. The van der Waals surface area contributed by atoms with Crippen LogP contribution in [0.2, 0.25) is 0 Å². The van der Waals surface area contributed by atoms with Crippen LogP contribution in [0.25, 0.3) is 0 Å². The van der Waals surface area contributed by atoms with Crippen molar-refractivity contribution in [3.8, 4) is 0 Å². The number of hydrogen-bond donors (Lipinski definition) is 0. The molecule has 0 aliphatic carbocycles. The van der Waals surface area contributed by atoms with Gasteiger partial charge in [-0.3, -0.25) is 0 Å². The number of benzene rings is 1. The van der Waals surface area contributed by atoms with Crippen molar-refractivity contribution in [2.24, 2.45) is 0 Å². The summed E-state index contributed by atoms with van der Waals surface area (Å²) >= 11 is 2.94. The molecule has 3 rings (SSSR count). The molecular weight excluding hydrogens is 344 g/mol. The van der Waals surface area contributed by atoms with E-state index in [9.17, 15) is 4.79 Å². The average Bonchev–Trinajstić information content (AvgIpc) is 3.25. The van der Waals surface area contributed by atoms with Gasteiger partial charge in [0, 0.05) is 0 Å². The summed E-state index contributed by atoms with van der Waals surface area (Å²) < 4.78 is 17.5. The van der Waals surface area contributed by atoms with E-state index in [4.69, 9.17) is 14.1 Å². The molecule has 7 heteroatoms. The Balaban J connectivity index is 1.61. The quantitative estimate of drug-likeness (QED) is 0.271. The van der Waals surface area contributed by atoms with Crippen molar-refractivity contribution in [3.05, 3.63) is 35.9 Å². The van der Waals surface area contributed by atoms with Crippen molar-refractivity contribution in [2.45, 2.75) is 31.9 Å². The number of hydrogen-bond acceptors (Lipinski definition) is 5. The normalized spacial score (nSPS) is 25.1. The molecule has 2 aliphatic rings. The van der Waals surface area contributed by atoms with Crippen LogP contribution < -0.4 is 0 Å². The fraction of sp³-hybridized carbons (Fsp3) is 0.462. The van der Waals surface area contributed by atoms with Crippen LogP contribution >= 0.6 is 6.11 Å². The van der Waals surface area contributed by atoms with Gasteiger partial charge in [-0.25, -0.2) is 0 Å². The first-order chi connectivity index (χ1) is 9.69. The molecule has 0 saturated carbocycles. The molecule has 1 atom stereocenters. The number of nitrogens with zero attached hydrogens (tertiary/aromatic N) is 1. The first kappa shape index (κ1) is 14.5. The minimum atomic E-state index is -2.04. The van der Waals surface area contributed by atoms with Gasteiger partial charge in [0.2, 0.25) is 0 Å². The van der Waals surface area contributed by atoms with Gasteiger partial charge < -0.3 is 0 Å². The molecule has 2 heterocycles. The Morgan fingerprint density at radius 2 is 2.10 bits per heavy atom. The summed E-state index contributed by atoms with van der Waals surface area (Å²) in [5.41, 5.74) is 0.995. The second kappa shape index (κ2) is 6.10. The number of piperidine rings is 1. The Morgan fingerprint density at radius 1 is 1.35 bits per heavy atom. The predicted octanol–water partition coefficient (Wildman–Crippen LogP) is 2.39. The number of carbonyl (C=O) groups is 1. The molecule has 0 radical (unpaired) electrons. The van der Waals surface area contributed by atoms with E-state index in [2.05, 4.69) is 15.1 Å². The number of rotatable bonds is 4. The second-order valence-corrected chi connectivity index (χ2v) is 9.54. The van der Waals surface area contributed by atoms with E-state index in [1.165, 1.54) is 0 Å². The van der Waals surface area contributed by atoms with Crippen molar-refractivity contribution in [2.75, 3.05) is 6.54 Å². The van der Waals surface area contributed by atoms with Crippen LogP contribution in [-0.4, -0.2) is 38.3 Å². The molecule has 20 heavy (non-hydrogen) atoms. The summed E-state index contributed by atoms with van der Waals surface area (Å²) in [7, 11) is 0. The van der Waals surface area contributed by atoms with Gasteiger partial charge in [-0.05, 0) is 0 Å². The third-order valence-corrected chi connectivity index (χ3v) is 7.09. The molecule has 2 saturated heterocycles. The molecule has 108 valence electrons. The van der Waals surface area contributed by atoms with Crippen LogP contribution in [0.5, 0.6) is 0 Å². The molecule has 0 aromatic heterocycles. The molecule has 0 spiro atoms. The van der Waals surface area contributed by atoms with Crippen molar-refractivity contribution >= 4 is 27.2 Å². The molecule has 1 unspecified atom stereocenters. The van der Waals surface area contributed by atoms with Crippen molar-refractivity contribution < 1.29 is 18.9 Å². The van der Waals surface area contributed by atoms with Crippen LogP contribution in [0.4, 0.5) is 0 Å². The van der Waals surface area contributed by atoms with Gasteiger partial charge in [-0.2, -0.15) is 0 Å². The van der Waals surface area contributed by atoms with E-state index in [-0.39, 0.29) is 12.0 Å². The molecule has 1 aromatic carbocycles. The Kier molecular flexibility index (Phi) is 4.41. The van der Waals surface area contributed by atoms with E-state index in [0.29, 0.717) is 6.61 Å². The van der Waals surface area contributed by atoms with Crippen LogP contribution in [0.1, 0.15) is 24.8 Å². The third-order valence-electron chi connectivity index (χ3n) is 3.49. The van der Waals surface area contributed by atoms with Crippen LogP contribution in [0.3, 0.4) is 0 Å². The van der Waals surface area contributed by atoms with Crippen LogP contribution in [-0.2, 0) is 25.5 Å². The third kappa shape index (κ3) is 3.22. The fourth-order valence-electron chi connectivity index (χ4n) is 2.39. The first-order valence-electron chi connectivity index (χ1n) is 6.65. The number of esters is 1. The predicted molar refractivity (Wildman–Crippen MR) is 75.4 cm³/mol. The van der Waals surface area contributed by atoms with Crippen LogP contribution in [0, 0.1) is 0 Å². The Bertz CT molecular complexity index is 530. The summed E-state index contributed by atoms with van der Waals surface area (Å²) in [6, 6.07) is 9.44. The molecule has 2 fully saturated rings. The van der Waals surface area contributed by atoms with Crippen LogP contribution in [0.15, 0.2) is 30.3 Å². The Morgan fingerprint density at radius 3 is 2.80 bits per heavy atom. The van der Waals surface area contributed by atoms with E-state index in [0.717, 1.165) is 31.4 Å². The van der Waals surface area contributed by atoms with Crippen molar-refractivity contribution in [3.63, 3.8) is 0 Å². The standard InChI is InChI=1S/C13H16NO4PSe/c15-13(16-10-11-6-2-1-3-7-11)12-8-4-5-9-14(12)19(20)17-18-19/h1-3,6-7,12H,4-5,8-10H2. The Hall–Kier alpha value is -0.481. The molecule has 1 aromatic rings. The van der Waals surface area contributed by atoms with Crippen molar-refractivity contribution in [1.82, 2.24) is 4.67 Å². The summed E-state index contributed by atoms with van der Waals surface area (Å²) in [6.07, 6.45) is 0.840. The summed E-state index contributed by atoms with van der Waals surface area (Å²) in [4.78, 5) is 12.3. The topological polar surface area (TPSA) is 54.6 Å². The van der Waals surface area contributed by atoms with E-state index >= 15 is 0 Å². The van der Waals surface area contributed by atoms with Gasteiger partial charge >= 0.3 is 125 Å². The van der Waals surface area contributed by atoms with Gasteiger partial charge in [-0.1, -0.05) is 0 Å². The molecule has 2 aliphatic heterocycles. The maximum atomic E-state index is 12.3. The zero-order valence-electron chi connectivity index (χ0n) is 10.9. The number of ether oxygens (including phenoxy) is 1. The molecule has 5 nitrogen and oxygen atoms in total. The molecule has 0 N–H and O–H groups in total. The summed E-state index contributed by atoms with van der Waals surface area (Å²) in [5.74, 6) is -0.192. The second-order valence-electron chi connectivity index (χ2n) is 4.89. The molecule has 0 bridgehead atoms. The fourth-order valence-corrected chi connectivity index (χ4v) is 5.47. The zero-order chi connectivity index (χ0) is 14.0. The van der Waals surface area contributed by atoms with Gasteiger partial charge in [0.1, 0.15) is 0 Å². The zero-order valence-corrected chi connectivity index (χ0v) is 13.5. The molecule has 0 amide bonds. The Labute approximate surface area is 125 Å². The summed E-state index contributed by atoms with van der Waals surface area (Å²) in [5, 5.41) is 0. The van der Waals surface area contributed by atoms with Gasteiger partial charge in [-0.15, -0.1) is 0 Å². The van der Waals surface area contributed by atoms with Gasteiger partial charge in [0.15, 0.2) is 0 Å². The molecular formula is C13H16NO4PSe. The summed E-state index contributed by atoms with van der Waals surface area (Å²) in [6.45, 7) is 1.12. The number of carbonyl (C=O) groups excluding carboxylic acids is 1. The SMILES string of the molecule is O=C(OCc1ccccc1)C1CCCCN1P1(=[Se])OO1. The van der Waals surface area contributed by atoms with E-state index in [1.54, 1.807) is 0 Å².